The molecule has 1 fully saturated rings. The fourth-order valence-electron chi connectivity index (χ4n) is 5.49. The maximum absolute atomic E-state index is 14.3. The Labute approximate surface area is 259 Å². The van der Waals surface area contributed by atoms with Gasteiger partial charge in [-0.3, -0.25) is 9.48 Å². The molecule has 6 rings (SSSR count). The van der Waals surface area contributed by atoms with Crippen LogP contribution in [0.4, 0.5) is 32.1 Å². The molecule has 1 saturated heterocycles. The van der Waals surface area contributed by atoms with Gasteiger partial charge in [0, 0.05) is 60.6 Å². The number of nitrogens with one attached hydrogen (secondary N) is 3. The summed E-state index contributed by atoms with van der Waals surface area (Å²) < 4.78 is 21.8. The van der Waals surface area contributed by atoms with Crippen molar-refractivity contribution in [2.75, 3.05) is 47.2 Å². The highest BCUT2D eigenvalue weighted by molar-refractivity contribution is 6.00. The third kappa shape index (κ3) is 6.31. The average molecular weight is 609 g/mol. The molecule has 0 aliphatic carbocycles. The van der Waals surface area contributed by atoms with Gasteiger partial charge in [-0.2, -0.15) is 5.10 Å². The number of carbonyl (C=O) groups excluding carboxylic acids is 2. The molecule has 3 aromatic carbocycles. The fraction of sp³-hybridized carbons (Fsp3) is 0.242. The Balaban J connectivity index is 1.27. The second-order valence-corrected chi connectivity index (χ2v) is 10.9. The first-order chi connectivity index (χ1) is 21.7. The summed E-state index contributed by atoms with van der Waals surface area (Å²) in [5.41, 5.74) is 6.58. The van der Waals surface area contributed by atoms with Gasteiger partial charge in [0.05, 0.1) is 30.1 Å². The number of fused-ring (bicyclic) bond motifs is 1. The van der Waals surface area contributed by atoms with Gasteiger partial charge in [0.25, 0.3) is 0 Å². The van der Waals surface area contributed by atoms with Crippen LogP contribution in [0.2, 0.25) is 0 Å². The Kier molecular flexibility index (Phi) is 8.14. The molecule has 0 bridgehead atoms. The maximum Gasteiger partial charge on any atom is 0.323 e. The molecule has 0 radical (unpaired) electrons. The van der Waals surface area contributed by atoms with Gasteiger partial charge in [0.1, 0.15) is 11.6 Å². The first kappa shape index (κ1) is 29.7. The number of morpholine rings is 1. The lowest BCUT2D eigenvalue weighted by molar-refractivity contribution is -0.114. The van der Waals surface area contributed by atoms with E-state index in [0.717, 1.165) is 64.0 Å². The lowest BCUT2D eigenvalue weighted by atomic mass is 10.0. The van der Waals surface area contributed by atoms with Crippen LogP contribution < -0.4 is 20.9 Å². The van der Waals surface area contributed by atoms with Crippen LogP contribution in [0.1, 0.15) is 18.3 Å². The van der Waals surface area contributed by atoms with Gasteiger partial charge in [-0.15, -0.1) is 0 Å². The molecule has 0 spiro atoms. The minimum absolute atomic E-state index is 0.0373. The molecule has 12 heteroatoms. The Bertz CT molecular complexity index is 1920. The number of urea groups is 1. The zero-order chi connectivity index (χ0) is 31.7. The molecule has 0 unspecified atom stereocenters. The second-order valence-electron chi connectivity index (χ2n) is 10.9. The minimum Gasteiger partial charge on any atom is -0.378 e. The predicted molar refractivity (Wildman–Crippen MR) is 173 cm³/mol. The first-order valence-corrected chi connectivity index (χ1v) is 14.6. The van der Waals surface area contributed by atoms with E-state index in [4.69, 9.17) is 14.7 Å². The number of rotatable bonds is 6. The number of nitrogens with zero attached hydrogens (tertiary/aromatic N) is 5. The number of benzene rings is 3. The van der Waals surface area contributed by atoms with Gasteiger partial charge in [-0.25, -0.2) is 19.2 Å². The quantitative estimate of drug-likeness (QED) is 0.219. The molecule has 0 saturated carbocycles. The van der Waals surface area contributed by atoms with Crippen molar-refractivity contribution >= 4 is 45.7 Å². The zero-order valence-electron chi connectivity index (χ0n) is 25.4. The molecule has 0 atom stereocenters. The van der Waals surface area contributed by atoms with Crippen LogP contribution in [0, 0.1) is 19.7 Å². The van der Waals surface area contributed by atoms with E-state index in [1.54, 1.807) is 12.1 Å². The van der Waals surface area contributed by atoms with E-state index in [0.29, 0.717) is 24.7 Å². The number of carbonyl (C=O) groups is 2. The van der Waals surface area contributed by atoms with E-state index in [1.165, 1.54) is 19.1 Å². The van der Waals surface area contributed by atoms with E-state index in [-0.39, 0.29) is 17.3 Å². The maximum atomic E-state index is 14.3. The van der Waals surface area contributed by atoms with Crippen LogP contribution in [0.5, 0.6) is 0 Å². The Morgan fingerprint density at radius 2 is 1.56 bits per heavy atom. The third-order valence-electron chi connectivity index (χ3n) is 7.72. The SMILES string of the molecule is CC(=O)Nc1ccc(NC(=O)Nc2ccc(-c3nc(N4CCOCC4)c4ccc(-c5c(C)nn(C)c5C)cc4n3)cc2)cc1F. The Morgan fingerprint density at radius 3 is 2.22 bits per heavy atom. The summed E-state index contributed by atoms with van der Waals surface area (Å²) in [6, 6.07) is 17.0. The van der Waals surface area contributed by atoms with Crippen LogP contribution >= 0.6 is 0 Å². The van der Waals surface area contributed by atoms with Crippen molar-refractivity contribution in [2.24, 2.45) is 7.05 Å². The normalized spacial score (nSPS) is 13.1. The van der Waals surface area contributed by atoms with Crippen molar-refractivity contribution in [3.05, 3.63) is 77.9 Å². The minimum atomic E-state index is -0.656. The van der Waals surface area contributed by atoms with Crippen LogP contribution in [0.15, 0.2) is 60.7 Å². The van der Waals surface area contributed by atoms with Gasteiger partial charge < -0.3 is 25.6 Å². The standard InChI is InChI=1S/C33H33FN8O3/c1-19-30(20(2)41(4)40-19)23-7-11-26-29(17-23)38-31(39-32(26)42-13-15-45-16-14-42)22-5-8-24(9-6-22)36-33(44)37-25-10-12-28(27(34)18-25)35-21(3)43/h5-12,17-18H,13-16H2,1-4H3,(H,35,43)(H2,36,37,44). The average Bonchev–Trinajstić information content (AvgIpc) is 3.28. The van der Waals surface area contributed by atoms with Crippen LogP contribution in [-0.2, 0) is 16.6 Å². The third-order valence-corrected chi connectivity index (χ3v) is 7.72. The number of amides is 3. The van der Waals surface area contributed by atoms with Gasteiger partial charge in [0.15, 0.2) is 5.82 Å². The van der Waals surface area contributed by atoms with Crippen molar-refractivity contribution in [3.8, 4) is 22.5 Å². The van der Waals surface area contributed by atoms with Crippen molar-refractivity contribution < 1.29 is 18.7 Å². The summed E-state index contributed by atoms with van der Waals surface area (Å²) >= 11 is 0. The molecule has 2 aromatic heterocycles. The number of hydrogen-bond donors (Lipinski definition) is 3. The largest absolute Gasteiger partial charge is 0.378 e. The van der Waals surface area contributed by atoms with Gasteiger partial charge in [-0.05, 0) is 74.0 Å². The highest BCUT2D eigenvalue weighted by Crippen LogP contribution is 2.34. The molecule has 1 aliphatic rings. The van der Waals surface area contributed by atoms with Gasteiger partial charge in [0.2, 0.25) is 5.91 Å². The predicted octanol–water partition coefficient (Wildman–Crippen LogP) is 5.89. The Morgan fingerprint density at radius 1 is 0.867 bits per heavy atom. The van der Waals surface area contributed by atoms with E-state index in [9.17, 15) is 14.0 Å². The molecule has 3 heterocycles. The molecule has 5 aromatic rings. The molecule has 3 N–H and O–H groups in total. The summed E-state index contributed by atoms with van der Waals surface area (Å²) in [6.07, 6.45) is 0. The number of hydrogen-bond acceptors (Lipinski definition) is 7. The van der Waals surface area contributed by atoms with Crippen molar-refractivity contribution in [1.29, 1.82) is 0 Å². The number of aryl methyl sites for hydroxylation is 2. The van der Waals surface area contributed by atoms with Crippen LogP contribution in [0.3, 0.4) is 0 Å². The van der Waals surface area contributed by atoms with E-state index in [2.05, 4.69) is 51.1 Å². The summed E-state index contributed by atoms with van der Waals surface area (Å²) in [4.78, 5) is 36.0. The monoisotopic (exact) mass is 608 g/mol. The molecule has 1 aliphatic heterocycles. The molecular weight excluding hydrogens is 575 g/mol. The van der Waals surface area contributed by atoms with Crippen molar-refractivity contribution in [1.82, 2.24) is 19.7 Å². The second kappa shape index (κ2) is 12.3. The zero-order valence-corrected chi connectivity index (χ0v) is 25.4. The van der Waals surface area contributed by atoms with E-state index < -0.39 is 11.8 Å². The lowest BCUT2D eigenvalue weighted by Crippen LogP contribution is -2.37. The molecule has 11 nitrogen and oxygen atoms in total. The number of halogens is 1. The van der Waals surface area contributed by atoms with E-state index >= 15 is 0 Å². The first-order valence-electron chi connectivity index (χ1n) is 14.6. The summed E-state index contributed by atoms with van der Waals surface area (Å²) in [5.74, 6) is 0.369. The van der Waals surface area contributed by atoms with Crippen LogP contribution in [0.25, 0.3) is 33.4 Å². The molecule has 45 heavy (non-hydrogen) atoms. The van der Waals surface area contributed by atoms with Crippen molar-refractivity contribution in [3.63, 3.8) is 0 Å². The van der Waals surface area contributed by atoms with E-state index in [1.807, 2.05) is 30.8 Å². The molecule has 3 amide bonds. The van der Waals surface area contributed by atoms with Gasteiger partial charge in [-0.1, -0.05) is 6.07 Å². The number of aromatic nitrogens is 4. The summed E-state index contributed by atoms with van der Waals surface area (Å²) in [5, 5.41) is 13.3. The fourth-order valence-corrected chi connectivity index (χ4v) is 5.49. The Hall–Kier alpha value is -5.36. The summed E-state index contributed by atoms with van der Waals surface area (Å²) in [7, 11) is 1.94. The van der Waals surface area contributed by atoms with Gasteiger partial charge >= 0.3 is 6.03 Å². The smallest absolute Gasteiger partial charge is 0.323 e. The lowest BCUT2D eigenvalue weighted by Gasteiger charge is -2.29. The number of ether oxygens (including phenoxy) is 1. The molecule has 230 valence electrons. The highest BCUT2D eigenvalue weighted by atomic mass is 19.1. The van der Waals surface area contributed by atoms with Crippen LogP contribution in [-0.4, -0.2) is 58.0 Å². The summed E-state index contributed by atoms with van der Waals surface area (Å²) in [6.45, 7) is 8.07. The topological polar surface area (TPSA) is 126 Å². The number of anilines is 4. The highest BCUT2D eigenvalue weighted by Gasteiger charge is 2.20. The molecular formula is C33H33FN8O3. The van der Waals surface area contributed by atoms with Crippen molar-refractivity contribution in [2.45, 2.75) is 20.8 Å².